The number of aliphatic hydroxyl groups excluding tert-OH is 7. The van der Waals surface area contributed by atoms with Gasteiger partial charge >= 0.3 is 0 Å². The third-order valence-electron chi connectivity index (χ3n) is 3.81. The number of aliphatic hydroxyl groups is 7. The van der Waals surface area contributed by atoms with Crippen LogP contribution in [0.4, 0.5) is 0 Å². The number of carbonyl (C=O) groups is 1. The van der Waals surface area contributed by atoms with E-state index in [2.05, 4.69) is 0 Å². The molecule has 11 heteroatoms. The molecule has 1 unspecified atom stereocenters. The predicted molar refractivity (Wildman–Crippen MR) is 67.6 cm³/mol. The Bertz CT molecular complexity index is 416. The summed E-state index contributed by atoms with van der Waals surface area (Å²) in [6.07, 6.45) is -14.6. The van der Waals surface area contributed by atoms with E-state index < -0.39 is 74.3 Å². The van der Waals surface area contributed by atoms with E-state index in [1.165, 1.54) is 0 Å². The van der Waals surface area contributed by atoms with Crippen LogP contribution in [0.1, 0.15) is 0 Å². The Kier molecular flexibility index (Phi) is 6.02. The van der Waals surface area contributed by atoms with Gasteiger partial charge in [-0.15, -0.1) is 0 Å². The van der Waals surface area contributed by atoms with Gasteiger partial charge in [0.1, 0.15) is 36.6 Å². The van der Waals surface area contributed by atoms with Gasteiger partial charge in [-0.25, -0.2) is 0 Å². The first-order chi connectivity index (χ1) is 10.8. The maximum Gasteiger partial charge on any atom is 0.197 e. The Hall–Kier alpha value is -0.730. The Morgan fingerprint density at radius 2 is 1.48 bits per heavy atom. The average Bonchev–Trinajstić information content (AvgIpc) is 2.55. The Labute approximate surface area is 130 Å². The third-order valence-corrected chi connectivity index (χ3v) is 3.81. The van der Waals surface area contributed by atoms with Crippen LogP contribution in [0.5, 0.6) is 0 Å². The first-order valence-electron chi connectivity index (χ1n) is 6.94. The van der Waals surface area contributed by atoms with E-state index in [0.29, 0.717) is 0 Å². The number of rotatable bonds is 4. The minimum Gasteiger partial charge on any atom is -0.394 e. The summed E-state index contributed by atoms with van der Waals surface area (Å²) in [4.78, 5) is 11.7. The van der Waals surface area contributed by atoms with Gasteiger partial charge in [0, 0.05) is 0 Å². The number of ether oxygens (including phenoxy) is 3. The van der Waals surface area contributed by atoms with Gasteiger partial charge in [-0.3, -0.25) is 4.79 Å². The molecule has 2 fully saturated rings. The Morgan fingerprint density at radius 1 is 0.870 bits per heavy atom. The topological polar surface area (TPSA) is 186 Å². The third kappa shape index (κ3) is 3.53. The van der Waals surface area contributed by atoms with Gasteiger partial charge < -0.3 is 50.0 Å². The first kappa shape index (κ1) is 18.6. The summed E-state index contributed by atoms with van der Waals surface area (Å²) in [5.74, 6) is -1.05. The summed E-state index contributed by atoms with van der Waals surface area (Å²) in [5, 5.41) is 66.4. The molecule has 11 nitrogen and oxygen atoms in total. The van der Waals surface area contributed by atoms with Gasteiger partial charge in [0.05, 0.1) is 13.2 Å². The van der Waals surface area contributed by atoms with Crippen LogP contribution >= 0.6 is 0 Å². The van der Waals surface area contributed by atoms with Crippen LogP contribution in [0, 0.1) is 0 Å². The number of Topliss-reactive ketones (excluding diaryl/α,β-unsaturated/α-hetero) is 1. The average molecular weight is 340 g/mol. The predicted octanol–water partition coefficient (Wildman–Crippen LogP) is -5.19. The molecule has 23 heavy (non-hydrogen) atoms. The minimum atomic E-state index is -1.91. The number of carbonyl (C=O) groups excluding carboxylic acids is 1. The minimum absolute atomic E-state index is 0.700. The van der Waals surface area contributed by atoms with Gasteiger partial charge in [-0.05, 0) is 0 Å². The summed E-state index contributed by atoms with van der Waals surface area (Å²) in [7, 11) is 0. The van der Waals surface area contributed by atoms with E-state index in [1.807, 2.05) is 0 Å². The van der Waals surface area contributed by atoms with E-state index in [-0.39, 0.29) is 0 Å². The monoisotopic (exact) mass is 340 g/mol. The van der Waals surface area contributed by atoms with Crippen molar-refractivity contribution in [3.63, 3.8) is 0 Å². The van der Waals surface area contributed by atoms with E-state index in [9.17, 15) is 35.4 Å². The molecule has 2 saturated heterocycles. The van der Waals surface area contributed by atoms with Crippen LogP contribution in [0.2, 0.25) is 0 Å². The van der Waals surface area contributed by atoms with E-state index in [0.717, 1.165) is 0 Å². The smallest absolute Gasteiger partial charge is 0.197 e. The van der Waals surface area contributed by atoms with Crippen LogP contribution in [-0.2, 0) is 19.0 Å². The lowest BCUT2D eigenvalue weighted by atomic mass is 9.98. The van der Waals surface area contributed by atoms with Crippen molar-refractivity contribution >= 4 is 5.78 Å². The molecule has 9 atom stereocenters. The fraction of sp³-hybridized carbons (Fsp3) is 0.917. The lowest BCUT2D eigenvalue weighted by Crippen LogP contribution is -2.63. The van der Waals surface area contributed by atoms with Crippen molar-refractivity contribution in [1.29, 1.82) is 0 Å². The molecule has 134 valence electrons. The van der Waals surface area contributed by atoms with Crippen LogP contribution in [0.15, 0.2) is 0 Å². The summed E-state index contributed by atoms with van der Waals surface area (Å²) in [5.41, 5.74) is 0. The van der Waals surface area contributed by atoms with Crippen molar-refractivity contribution in [2.24, 2.45) is 0 Å². The molecule has 0 bridgehead atoms. The summed E-state index contributed by atoms with van der Waals surface area (Å²) in [6, 6.07) is 0. The molecular weight excluding hydrogens is 320 g/mol. The van der Waals surface area contributed by atoms with E-state index in [1.54, 1.807) is 0 Å². The van der Waals surface area contributed by atoms with Gasteiger partial charge in [0.15, 0.2) is 24.5 Å². The van der Waals surface area contributed by atoms with E-state index in [4.69, 9.17) is 19.3 Å². The second-order valence-electron chi connectivity index (χ2n) is 5.35. The summed E-state index contributed by atoms with van der Waals surface area (Å²) in [6.45, 7) is -1.43. The molecule has 0 aromatic carbocycles. The number of hydrogen-bond acceptors (Lipinski definition) is 11. The van der Waals surface area contributed by atoms with Crippen molar-refractivity contribution in [3.05, 3.63) is 0 Å². The molecule has 0 amide bonds. The summed E-state index contributed by atoms with van der Waals surface area (Å²) < 4.78 is 15.1. The van der Waals surface area contributed by atoms with Crippen molar-refractivity contribution in [2.75, 3.05) is 13.2 Å². The lowest BCUT2D eigenvalue weighted by Gasteiger charge is -2.43. The molecule has 0 aromatic rings. The Balaban J connectivity index is 2.13. The molecule has 2 rings (SSSR count). The maximum absolute atomic E-state index is 11.7. The van der Waals surface area contributed by atoms with Gasteiger partial charge in [0.25, 0.3) is 0 Å². The molecule has 2 aliphatic rings. The number of hydrogen-bond donors (Lipinski definition) is 7. The zero-order chi connectivity index (χ0) is 17.3. The molecule has 0 spiro atoms. The van der Waals surface area contributed by atoms with Crippen molar-refractivity contribution in [3.8, 4) is 0 Å². The first-order valence-corrected chi connectivity index (χ1v) is 6.94. The largest absolute Gasteiger partial charge is 0.394 e. The highest BCUT2D eigenvalue weighted by atomic mass is 16.7. The van der Waals surface area contributed by atoms with Crippen molar-refractivity contribution in [2.45, 2.75) is 55.3 Å². The fourth-order valence-electron chi connectivity index (χ4n) is 2.45. The zero-order valence-electron chi connectivity index (χ0n) is 11.9. The molecule has 2 heterocycles. The highest BCUT2D eigenvalue weighted by Gasteiger charge is 2.50. The zero-order valence-corrected chi connectivity index (χ0v) is 11.9. The van der Waals surface area contributed by atoms with Crippen molar-refractivity contribution in [1.82, 2.24) is 0 Å². The van der Waals surface area contributed by atoms with Crippen LogP contribution in [0.25, 0.3) is 0 Å². The van der Waals surface area contributed by atoms with Crippen LogP contribution < -0.4 is 0 Å². The molecule has 7 N–H and O–H groups in total. The second-order valence-corrected chi connectivity index (χ2v) is 5.35. The van der Waals surface area contributed by atoms with Gasteiger partial charge in [0.2, 0.25) is 0 Å². The maximum atomic E-state index is 11.7. The molecule has 2 aliphatic heterocycles. The van der Waals surface area contributed by atoms with Crippen LogP contribution in [-0.4, -0.2) is 110 Å². The van der Waals surface area contributed by atoms with Crippen molar-refractivity contribution < 1.29 is 54.8 Å². The molecule has 0 radical (unpaired) electrons. The molecule has 0 aliphatic carbocycles. The summed E-state index contributed by atoms with van der Waals surface area (Å²) >= 11 is 0. The molecular formula is C12H20O11. The van der Waals surface area contributed by atoms with E-state index >= 15 is 0 Å². The van der Waals surface area contributed by atoms with Gasteiger partial charge in [-0.2, -0.15) is 0 Å². The highest BCUT2D eigenvalue weighted by Crippen LogP contribution is 2.27. The SMILES string of the molecule is O=C1[C@@H](O)[C@H](O[C@H]2[C@H](O)[C@@H](O)C(O)O[C@@H]2CO)O[C@H](CO)[C@@H]1O. The Morgan fingerprint density at radius 3 is 2.04 bits per heavy atom. The number of ketones is 1. The van der Waals surface area contributed by atoms with Gasteiger partial charge in [-0.1, -0.05) is 0 Å². The normalized spacial score (nSPS) is 48.5. The quantitative estimate of drug-likeness (QED) is 0.259. The molecule has 0 aromatic heterocycles. The standard InChI is InChI=1S/C12H20O11/c13-1-3-5(15)6(16)9(19)12(22-3)23-10-4(2-14)21-11(20)8(18)7(10)17/h3-5,7-15,17-20H,1-2H2/t3-,4-,5+,7-,8-,9-,10-,11?,12+/m1/s1. The highest BCUT2D eigenvalue weighted by molar-refractivity contribution is 5.88. The molecule has 0 saturated carbocycles. The second kappa shape index (κ2) is 7.44. The van der Waals surface area contributed by atoms with Crippen LogP contribution in [0.3, 0.4) is 0 Å². The lowest BCUT2D eigenvalue weighted by molar-refractivity contribution is -0.336. The fourth-order valence-corrected chi connectivity index (χ4v) is 2.45.